The SMILES string of the molecule is COc1cc(C)ccc1CN1CCC2(CCC(=O)N(Cc3ccccn3)C2)CC1. The van der Waals surface area contributed by atoms with Gasteiger partial charge >= 0.3 is 0 Å². The van der Waals surface area contributed by atoms with Gasteiger partial charge in [-0.2, -0.15) is 0 Å². The number of aryl methyl sites for hydroxylation is 1. The molecule has 2 saturated heterocycles. The fraction of sp³-hybridized carbons (Fsp3) is 0.500. The van der Waals surface area contributed by atoms with Gasteiger partial charge in [-0.15, -0.1) is 0 Å². The molecule has 0 unspecified atom stereocenters. The van der Waals surface area contributed by atoms with E-state index in [0.29, 0.717) is 13.0 Å². The Morgan fingerprint density at radius 2 is 1.93 bits per heavy atom. The van der Waals surface area contributed by atoms with E-state index in [4.69, 9.17) is 4.74 Å². The maximum Gasteiger partial charge on any atom is 0.222 e. The van der Waals surface area contributed by atoms with Gasteiger partial charge in [-0.25, -0.2) is 0 Å². The Bertz CT molecular complexity index is 844. The van der Waals surface area contributed by atoms with Crippen LogP contribution in [-0.4, -0.2) is 47.4 Å². The lowest BCUT2D eigenvalue weighted by molar-refractivity contribution is -0.140. The molecule has 2 aliphatic rings. The molecule has 29 heavy (non-hydrogen) atoms. The van der Waals surface area contributed by atoms with E-state index in [9.17, 15) is 4.79 Å². The Hall–Kier alpha value is -2.40. The number of hydrogen-bond donors (Lipinski definition) is 0. The highest BCUT2D eigenvalue weighted by Gasteiger charge is 2.41. The number of amides is 1. The highest BCUT2D eigenvalue weighted by atomic mass is 16.5. The van der Waals surface area contributed by atoms with E-state index in [0.717, 1.165) is 56.9 Å². The second-order valence-electron chi connectivity index (χ2n) is 8.66. The maximum atomic E-state index is 12.5. The molecule has 5 nitrogen and oxygen atoms in total. The number of piperidine rings is 2. The van der Waals surface area contributed by atoms with Gasteiger partial charge < -0.3 is 9.64 Å². The normalized spacial score (nSPS) is 19.5. The lowest BCUT2D eigenvalue weighted by atomic mass is 9.72. The highest BCUT2D eigenvalue weighted by molar-refractivity contribution is 5.77. The molecule has 1 amide bonds. The number of methoxy groups -OCH3 is 1. The van der Waals surface area contributed by atoms with Gasteiger partial charge in [0.15, 0.2) is 0 Å². The summed E-state index contributed by atoms with van der Waals surface area (Å²) in [5.41, 5.74) is 3.71. The monoisotopic (exact) mass is 393 g/mol. The van der Waals surface area contributed by atoms with Crippen LogP contribution < -0.4 is 4.74 Å². The molecule has 154 valence electrons. The average molecular weight is 394 g/mol. The number of nitrogens with zero attached hydrogens (tertiary/aromatic N) is 3. The largest absolute Gasteiger partial charge is 0.496 e. The van der Waals surface area contributed by atoms with Crippen molar-refractivity contribution in [2.75, 3.05) is 26.7 Å². The minimum absolute atomic E-state index is 0.260. The predicted molar refractivity (Wildman–Crippen MR) is 114 cm³/mol. The number of benzene rings is 1. The maximum absolute atomic E-state index is 12.5. The van der Waals surface area contributed by atoms with Crippen LogP contribution in [0.1, 0.15) is 42.5 Å². The van der Waals surface area contributed by atoms with Crippen LogP contribution in [0, 0.1) is 12.3 Å². The van der Waals surface area contributed by atoms with Gasteiger partial charge in [-0.1, -0.05) is 18.2 Å². The molecule has 4 rings (SSSR count). The van der Waals surface area contributed by atoms with Gasteiger partial charge in [0.1, 0.15) is 5.75 Å². The number of aromatic nitrogens is 1. The first-order chi connectivity index (χ1) is 14.1. The number of ether oxygens (including phenoxy) is 1. The van der Waals surface area contributed by atoms with E-state index >= 15 is 0 Å². The molecule has 1 spiro atoms. The van der Waals surface area contributed by atoms with E-state index < -0.39 is 0 Å². The smallest absolute Gasteiger partial charge is 0.222 e. The highest BCUT2D eigenvalue weighted by Crippen LogP contribution is 2.41. The Kier molecular flexibility index (Phi) is 5.86. The van der Waals surface area contributed by atoms with E-state index in [1.54, 1.807) is 13.3 Å². The molecule has 5 heteroatoms. The van der Waals surface area contributed by atoms with Gasteiger partial charge in [0.25, 0.3) is 0 Å². The summed E-state index contributed by atoms with van der Waals surface area (Å²) in [5, 5.41) is 0. The van der Waals surface area contributed by atoms with Gasteiger partial charge in [-0.05, 0) is 68.5 Å². The van der Waals surface area contributed by atoms with E-state index in [1.165, 1.54) is 11.1 Å². The first-order valence-electron chi connectivity index (χ1n) is 10.6. The first-order valence-corrected chi connectivity index (χ1v) is 10.6. The van der Waals surface area contributed by atoms with Crippen LogP contribution in [0.15, 0.2) is 42.6 Å². The molecule has 2 fully saturated rings. The van der Waals surface area contributed by atoms with Crippen LogP contribution in [0.25, 0.3) is 0 Å². The molecule has 0 aliphatic carbocycles. The zero-order valence-electron chi connectivity index (χ0n) is 17.6. The minimum atomic E-state index is 0.260. The fourth-order valence-electron chi connectivity index (χ4n) is 4.75. The Labute approximate surface area is 173 Å². The summed E-state index contributed by atoms with van der Waals surface area (Å²) in [6.45, 7) is 6.66. The number of hydrogen-bond acceptors (Lipinski definition) is 4. The summed E-state index contributed by atoms with van der Waals surface area (Å²) >= 11 is 0. The van der Waals surface area contributed by atoms with E-state index in [1.807, 2.05) is 23.1 Å². The Morgan fingerprint density at radius 1 is 1.10 bits per heavy atom. The molecule has 1 aromatic carbocycles. The second kappa shape index (κ2) is 8.54. The van der Waals surface area contributed by atoms with Crippen LogP contribution >= 0.6 is 0 Å². The topological polar surface area (TPSA) is 45.7 Å². The third-order valence-electron chi connectivity index (χ3n) is 6.58. The molecular weight excluding hydrogens is 362 g/mol. The number of pyridine rings is 1. The van der Waals surface area contributed by atoms with Crippen molar-refractivity contribution in [3.05, 3.63) is 59.4 Å². The van der Waals surface area contributed by atoms with Gasteiger partial charge in [-0.3, -0.25) is 14.7 Å². The zero-order chi connectivity index (χ0) is 20.3. The van der Waals surface area contributed by atoms with Crippen molar-refractivity contribution in [1.29, 1.82) is 0 Å². The van der Waals surface area contributed by atoms with Crippen molar-refractivity contribution in [2.24, 2.45) is 5.41 Å². The number of likely N-dealkylation sites (tertiary alicyclic amines) is 2. The number of carbonyl (C=O) groups is 1. The lowest BCUT2D eigenvalue weighted by Crippen LogP contribution is -2.51. The third-order valence-corrected chi connectivity index (χ3v) is 6.58. The van der Waals surface area contributed by atoms with Crippen molar-refractivity contribution >= 4 is 5.91 Å². The van der Waals surface area contributed by atoms with E-state index in [2.05, 4.69) is 35.0 Å². The van der Waals surface area contributed by atoms with Crippen molar-refractivity contribution in [2.45, 2.75) is 45.7 Å². The fourth-order valence-corrected chi connectivity index (χ4v) is 4.75. The standard InChI is InChI=1S/C24H31N3O2/c1-19-6-7-20(22(15-19)29-2)16-26-13-10-24(11-14-26)9-8-23(28)27(18-24)17-21-5-3-4-12-25-21/h3-7,12,15H,8-11,13-14,16-18H2,1-2H3. The van der Waals surface area contributed by atoms with Gasteiger partial charge in [0.05, 0.1) is 19.3 Å². The van der Waals surface area contributed by atoms with Crippen molar-refractivity contribution < 1.29 is 9.53 Å². The molecule has 3 heterocycles. The Balaban J connectivity index is 1.37. The summed E-state index contributed by atoms with van der Waals surface area (Å²) in [6.07, 6.45) is 5.78. The number of rotatable bonds is 5. The zero-order valence-corrected chi connectivity index (χ0v) is 17.6. The van der Waals surface area contributed by atoms with Crippen molar-refractivity contribution in [3.8, 4) is 5.75 Å². The molecule has 2 aliphatic heterocycles. The molecule has 0 saturated carbocycles. The van der Waals surface area contributed by atoms with Crippen LogP contribution in [0.2, 0.25) is 0 Å². The van der Waals surface area contributed by atoms with Crippen LogP contribution in [0.3, 0.4) is 0 Å². The second-order valence-corrected chi connectivity index (χ2v) is 8.66. The number of carbonyl (C=O) groups excluding carboxylic acids is 1. The summed E-state index contributed by atoms with van der Waals surface area (Å²) in [5.74, 6) is 1.25. The third kappa shape index (κ3) is 4.61. The van der Waals surface area contributed by atoms with Crippen molar-refractivity contribution in [1.82, 2.24) is 14.8 Å². The van der Waals surface area contributed by atoms with Crippen LogP contribution in [0.4, 0.5) is 0 Å². The predicted octanol–water partition coefficient (Wildman–Crippen LogP) is 3.80. The molecule has 0 radical (unpaired) electrons. The van der Waals surface area contributed by atoms with Crippen LogP contribution in [-0.2, 0) is 17.9 Å². The molecule has 0 atom stereocenters. The summed E-state index contributed by atoms with van der Waals surface area (Å²) < 4.78 is 5.58. The minimum Gasteiger partial charge on any atom is -0.496 e. The van der Waals surface area contributed by atoms with Crippen LogP contribution in [0.5, 0.6) is 5.75 Å². The molecule has 1 aromatic heterocycles. The molecular formula is C24H31N3O2. The summed E-state index contributed by atoms with van der Waals surface area (Å²) in [6, 6.07) is 12.4. The Morgan fingerprint density at radius 3 is 2.66 bits per heavy atom. The van der Waals surface area contributed by atoms with E-state index in [-0.39, 0.29) is 11.3 Å². The van der Waals surface area contributed by atoms with Crippen molar-refractivity contribution in [3.63, 3.8) is 0 Å². The van der Waals surface area contributed by atoms with Gasteiger partial charge in [0.2, 0.25) is 5.91 Å². The average Bonchev–Trinajstić information content (AvgIpc) is 2.74. The summed E-state index contributed by atoms with van der Waals surface area (Å²) in [7, 11) is 1.75. The molecule has 2 aromatic rings. The quantitative estimate of drug-likeness (QED) is 0.775. The molecule has 0 N–H and O–H groups in total. The summed E-state index contributed by atoms with van der Waals surface area (Å²) in [4.78, 5) is 21.5. The first kappa shape index (κ1) is 19.9. The lowest BCUT2D eigenvalue weighted by Gasteiger charge is -2.47. The van der Waals surface area contributed by atoms with Gasteiger partial charge in [0, 0.05) is 31.3 Å². The molecule has 0 bridgehead atoms.